The molecule has 1 heterocycles. The van der Waals surface area contributed by atoms with E-state index in [1.54, 1.807) is 0 Å². The number of rotatable bonds is 5. The third-order valence-corrected chi connectivity index (χ3v) is 6.19. The van der Waals surface area contributed by atoms with Crippen molar-refractivity contribution in [3.63, 3.8) is 0 Å². The molecule has 2 aliphatic carbocycles. The topological polar surface area (TPSA) is 30.7 Å². The zero-order valence-corrected chi connectivity index (χ0v) is 14.7. The number of nitrogens with zero attached hydrogens (tertiary/aromatic N) is 3. The normalized spacial score (nSPS) is 18.9. The molecule has 0 bridgehead atoms. The summed E-state index contributed by atoms with van der Waals surface area (Å²) in [6.45, 7) is 2.28. The molecule has 1 unspecified atom stereocenters. The molecule has 2 aromatic carbocycles. The molecule has 2 fully saturated rings. The Balaban J connectivity index is 1.44. The standard InChI is InChI=1S/C20H21N3S/c1-13(16-9-6-14-4-2-3-5-17(14)12-16)24-20-22-21-19(15-7-8-15)23(20)18-10-11-18/h2-6,9,12-13,15,18H,7-8,10-11H2,1H3. The maximum atomic E-state index is 4.54. The molecule has 2 aliphatic rings. The quantitative estimate of drug-likeness (QED) is 0.577. The second-order valence-corrected chi connectivity index (χ2v) is 8.39. The summed E-state index contributed by atoms with van der Waals surface area (Å²) in [5, 5.41) is 13.2. The van der Waals surface area contributed by atoms with E-state index in [4.69, 9.17) is 0 Å². The first-order chi connectivity index (χ1) is 11.8. The Morgan fingerprint density at radius 3 is 2.54 bits per heavy atom. The molecule has 5 rings (SSSR count). The predicted octanol–water partition coefficient (Wildman–Crippen LogP) is 5.50. The van der Waals surface area contributed by atoms with Gasteiger partial charge in [-0.05, 0) is 48.9 Å². The second-order valence-electron chi connectivity index (χ2n) is 7.08. The van der Waals surface area contributed by atoms with Crippen molar-refractivity contribution in [1.82, 2.24) is 14.8 Å². The Labute approximate surface area is 146 Å². The molecule has 2 saturated carbocycles. The molecular formula is C20H21N3S. The number of fused-ring (bicyclic) bond motifs is 1. The fourth-order valence-corrected chi connectivity index (χ4v) is 4.39. The van der Waals surface area contributed by atoms with E-state index in [1.807, 2.05) is 11.8 Å². The van der Waals surface area contributed by atoms with Crippen molar-refractivity contribution in [1.29, 1.82) is 0 Å². The first-order valence-corrected chi connectivity index (χ1v) is 9.78. The van der Waals surface area contributed by atoms with Crippen molar-refractivity contribution in [2.24, 2.45) is 0 Å². The van der Waals surface area contributed by atoms with Crippen LogP contribution >= 0.6 is 11.8 Å². The zero-order chi connectivity index (χ0) is 16.1. The van der Waals surface area contributed by atoms with Crippen LogP contribution in [-0.2, 0) is 0 Å². The van der Waals surface area contributed by atoms with Gasteiger partial charge in [0.2, 0.25) is 0 Å². The molecular weight excluding hydrogens is 314 g/mol. The molecule has 0 N–H and O–H groups in total. The Morgan fingerprint density at radius 2 is 1.79 bits per heavy atom. The van der Waals surface area contributed by atoms with Gasteiger partial charge in [-0.3, -0.25) is 0 Å². The summed E-state index contributed by atoms with van der Waals surface area (Å²) in [6, 6.07) is 16.0. The Hall–Kier alpha value is -1.81. The van der Waals surface area contributed by atoms with Crippen LogP contribution in [0.2, 0.25) is 0 Å². The van der Waals surface area contributed by atoms with E-state index in [2.05, 4.69) is 64.2 Å². The average Bonchev–Trinajstić information content (AvgIpc) is 3.53. The molecule has 122 valence electrons. The molecule has 0 spiro atoms. The lowest BCUT2D eigenvalue weighted by molar-refractivity contribution is 0.626. The number of hydrogen-bond acceptors (Lipinski definition) is 3. The fourth-order valence-electron chi connectivity index (χ4n) is 3.35. The van der Waals surface area contributed by atoms with E-state index in [0.717, 1.165) is 5.16 Å². The predicted molar refractivity (Wildman–Crippen MR) is 98.5 cm³/mol. The van der Waals surface area contributed by atoms with E-state index in [9.17, 15) is 0 Å². The van der Waals surface area contributed by atoms with E-state index < -0.39 is 0 Å². The Bertz CT molecular complexity index is 893. The number of thioether (sulfide) groups is 1. The molecule has 0 radical (unpaired) electrons. The lowest BCUT2D eigenvalue weighted by Gasteiger charge is -2.14. The molecule has 1 aromatic heterocycles. The first-order valence-electron chi connectivity index (χ1n) is 8.90. The molecule has 4 heteroatoms. The van der Waals surface area contributed by atoms with Crippen LogP contribution < -0.4 is 0 Å². The maximum absolute atomic E-state index is 4.54. The van der Waals surface area contributed by atoms with Crippen molar-refractivity contribution in [2.45, 2.75) is 55.0 Å². The summed E-state index contributed by atoms with van der Waals surface area (Å²) in [4.78, 5) is 0. The third kappa shape index (κ3) is 2.63. The smallest absolute Gasteiger partial charge is 0.192 e. The molecule has 3 aromatic rings. The highest BCUT2D eigenvalue weighted by atomic mass is 32.2. The maximum Gasteiger partial charge on any atom is 0.192 e. The minimum atomic E-state index is 0.378. The number of hydrogen-bond donors (Lipinski definition) is 0. The monoisotopic (exact) mass is 335 g/mol. The lowest BCUT2D eigenvalue weighted by Crippen LogP contribution is -2.02. The van der Waals surface area contributed by atoms with Crippen LogP contribution in [0.4, 0.5) is 0 Å². The molecule has 3 nitrogen and oxygen atoms in total. The summed E-state index contributed by atoms with van der Waals surface area (Å²) in [5.41, 5.74) is 1.36. The fraction of sp³-hybridized carbons (Fsp3) is 0.400. The van der Waals surface area contributed by atoms with Crippen LogP contribution in [0.3, 0.4) is 0 Å². The van der Waals surface area contributed by atoms with Gasteiger partial charge in [-0.15, -0.1) is 10.2 Å². The van der Waals surface area contributed by atoms with Gasteiger partial charge in [0.1, 0.15) is 5.82 Å². The van der Waals surface area contributed by atoms with Crippen molar-refractivity contribution < 1.29 is 0 Å². The highest BCUT2D eigenvalue weighted by Crippen LogP contribution is 2.47. The van der Waals surface area contributed by atoms with Crippen molar-refractivity contribution in [3.8, 4) is 0 Å². The largest absolute Gasteiger partial charge is 0.303 e. The Kier molecular flexibility index (Phi) is 3.40. The van der Waals surface area contributed by atoms with Crippen LogP contribution in [0.15, 0.2) is 47.6 Å². The van der Waals surface area contributed by atoms with E-state index in [-0.39, 0.29) is 0 Å². The van der Waals surface area contributed by atoms with Crippen LogP contribution in [0, 0.1) is 0 Å². The summed E-state index contributed by atoms with van der Waals surface area (Å²) in [5.74, 6) is 1.91. The summed E-state index contributed by atoms with van der Waals surface area (Å²) in [7, 11) is 0. The number of benzene rings is 2. The van der Waals surface area contributed by atoms with Crippen LogP contribution in [0.5, 0.6) is 0 Å². The molecule has 0 saturated heterocycles. The second kappa shape index (κ2) is 5.62. The van der Waals surface area contributed by atoms with Gasteiger partial charge in [0.15, 0.2) is 5.16 Å². The van der Waals surface area contributed by atoms with Crippen LogP contribution in [-0.4, -0.2) is 14.8 Å². The Morgan fingerprint density at radius 1 is 1.00 bits per heavy atom. The minimum absolute atomic E-state index is 0.378. The van der Waals surface area contributed by atoms with Crippen LogP contribution in [0.25, 0.3) is 10.8 Å². The molecule has 0 amide bonds. The zero-order valence-electron chi connectivity index (χ0n) is 13.9. The van der Waals surface area contributed by atoms with Gasteiger partial charge in [-0.2, -0.15) is 0 Å². The van der Waals surface area contributed by atoms with Gasteiger partial charge in [0, 0.05) is 17.2 Å². The van der Waals surface area contributed by atoms with Crippen molar-refractivity contribution >= 4 is 22.5 Å². The third-order valence-electron chi connectivity index (χ3n) is 5.07. The van der Waals surface area contributed by atoms with Crippen LogP contribution in [0.1, 0.15) is 61.2 Å². The SMILES string of the molecule is CC(Sc1nnc(C2CC2)n1C1CC1)c1ccc2ccccc2c1. The van der Waals surface area contributed by atoms with Crippen molar-refractivity contribution in [3.05, 3.63) is 53.9 Å². The highest BCUT2D eigenvalue weighted by molar-refractivity contribution is 7.99. The van der Waals surface area contributed by atoms with E-state index in [0.29, 0.717) is 17.2 Å². The van der Waals surface area contributed by atoms with Gasteiger partial charge in [0.25, 0.3) is 0 Å². The lowest BCUT2D eigenvalue weighted by atomic mass is 10.1. The minimum Gasteiger partial charge on any atom is -0.303 e. The molecule has 1 atom stereocenters. The molecule has 24 heavy (non-hydrogen) atoms. The summed E-state index contributed by atoms with van der Waals surface area (Å²) >= 11 is 1.86. The summed E-state index contributed by atoms with van der Waals surface area (Å²) < 4.78 is 2.44. The first kappa shape index (κ1) is 14.5. The van der Waals surface area contributed by atoms with Gasteiger partial charge >= 0.3 is 0 Å². The van der Waals surface area contributed by atoms with Crippen molar-refractivity contribution in [2.75, 3.05) is 0 Å². The van der Waals surface area contributed by atoms with E-state index >= 15 is 0 Å². The number of aromatic nitrogens is 3. The van der Waals surface area contributed by atoms with Gasteiger partial charge in [-0.1, -0.05) is 54.2 Å². The average molecular weight is 335 g/mol. The molecule has 0 aliphatic heterocycles. The van der Waals surface area contributed by atoms with Gasteiger partial charge in [-0.25, -0.2) is 0 Å². The van der Waals surface area contributed by atoms with Gasteiger partial charge < -0.3 is 4.57 Å². The van der Waals surface area contributed by atoms with E-state index in [1.165, 1.54) is 47.8 Å². The highest BCUT2D eigenvalue weighted by Gasteiger charge is 2.36. The summed E-state index contributed by atoms with van der Waals surface area (Å²) in [6.07, 6.45) is 5.15. The van der Waals surface area contributed by atoms with Gasteiger partial charge in [0.05, 0.1) is 0 Å².